The fraction of sp³-hybridized carbons (Fsp3) is 1.00. The third-order valence-corrected chi connectivity index (χ3v) is 3.70. The first-order valence-corrected chi connectivity index (χ1v) is 9.15. The molecule has 1 N–H and O–H groups in total. The molecule has 0 radical (unpaired) electrons. The Morgan fingerprint density at radius 3 is 1.50 bits per heavy atom. The third-order valence-electron chi connectivity index (χ3n) is 0.625. The van der Waals surface area contributed by atoms with E-state index in [-0.39, 0.29) is 0 Å². The van der Waals surface area contributed by atoms with Crippen LogP contribution in [0.25, 0.3) is 0 Å². The van der Waals surface area contributed by atoms with Gasteiger partial charge in [0.2, 0.25) is 0 Å². The Labute approximate surface area is 60.9 Å². The molecule has 0 spiro atoms. The van der Waals surface area contributed by atoms with E-state index in [1.807, 2.05) is 0 Å². The predicted octanol–water partition coefficient (Wildman–Crippen LogP) is 2.00. The van der Waals surface area contributed by atoms with E-state index in [9.17, 15) is 0 Å². The van der Waals surface area contributed by atoms with Crippen molar-refractivity contribution in [3.05, 3.63) is 0 Å². The number of hydrogen-bond donors (Lipinski definition) is 1. The van der Waals surface area contributed by atoms with Crippen LogP contribution in [0.1, 0.15) is 20.8 Å². The van der Waals surface area contributed by atoms with Crippen molar-refractivity contribution in [1.29, 1.82) is 0 Å². The molecule has 0 unspecified atom stereocenters. The van der Waals surface area contributed by atoms with Gasteiger partial charge in [-0.3, -0.25) is 0 Å². The summed E-state index contributed by atoms with van der Waals surface area (Å²) in [5, 5.41) is 0. The first-order chi connectivity index (χ1) is 3.42. The van der Waals surface area contributed by atoms with Crippen molar-refractivity contribution in [2.24, 2.45) is 0 Å². The summed E-state index contributed by atoms with van der Waals surface area (Å²) in [6, 6.07) is 0. The van der Waals surface area contributed by atoms with Gasteiger partial charge in [-0.15, -0.1) is 0 Å². The fourth-order valence-electron chi connectivity index (χ4n) is 0.750. The van der Waals surface area contributed by atoms with Gasteiger partial charge in [0, 0.05) is 0 Å². The van der Waals surface area contributed by atoms with E-state index in [0.717, 1.165) is 0 Å². The predicted molar refractivity (Wildman–Crippen MR) is 34.6 cm³/mol. The Morgan fingerprint density at radius 2 is 1.50 bits per heavy atom. The minimum atomic E-state index is -1.02. The molecule has 0 aliphatic rings. The third kappa shape index (κ3) is 6.84. The van der Waals surface area contributed by atoms with Gasteiger partial charge in [0.05, 0.1) is 0 Å². The molecule has 0 aromatic rings. The van der Waals surface area contributed by atoms with E-state index < -0.39 is 22.0 Å². The molecular weight excluding hydrogens is 177 g/mol. The second kappa shape index (κ2) is 3.12. The average molecular weight is 193 g/mol. The molecule has 0 aromatic carbocycles. The van der Waals surface area contributed by atoms with Gasteiger partial charge in [0.1, 0.15) is 0 Å². The molecule has 0 atom stereocenters. The minimum absolute atomic E-state index is 0.359. The fourth-order valence-corrected chi connectivity index (χ4v) is 4.44. The SMILES string of the molecule is [CH3][Zr]([CH3])[NH]C(C)(C)C. The van der Waals surface area contributed by atoms with Crippen molar-refractivity contribution in [3.8, 4) is 0 Å². The van der Waals surface area contributed by atoms with Gasteiger partial charge in [-0.05, 0) is 0 Å². The Hall–Kier alpha value is 0.843. The van der Waals surface area contributed by atoms with Crippen LogP contribution >= 0.6 is 0 Å². The number of rotatable bonds is 1. The van der Waals surface area contributed by atoms with Gasteiger partial charge in [-0.1, -0.05) is 0 Å². The molecule has 1 nitrogen and oxygen atoms in total. The number of hydrogen-bond acceptors (Lipinski definition) is 1. The summed E-state index contributed by atoms with van der Waals surface area (Å²) in [6.07, 6.45) is 0. The maximum atomic E-state index is 3.58. The van der Waals surface area contributed by atoms with Gasteiger partial charge >= 0.3 is 60.9 Å². The van der Waals surface area contributed by atoms with Crippen LogP contribution in [-0.2, 0) is 22.0 Å². The first kappa shape index (κ1) is 8.84. The monoisotopic (exact) mass is 192 g/mol. The summed E-state index contributed by atoms with van der Waals surface area (Å²) in [4.78, 5) is 0. The van der Waals surface area contributed by atoms with Crippen LogP contribution in [0.4, 0.5) is 0 Å². The van der Waals surface area contributed by atoms with E-state index in [0.29, 0.717) is 5.54 Å². The zero-order valence-corrected chi connectivity index (χ0v) is 8.96. The summed E-state index contributed by atoms with van der Waals surface area (Å²) in [5.74, 6) is 0. The van der Waals surface area contributed by atoms with Crippen molar-refractivity contribution in [2.75, 3.05) is 0 Å². The molecular formula is C6H16NZr. The van der Waals surface area contributed by atoms with E-state index in [1.165, 1.54) is 0 Å². The van der Waals surface area contributed by atoms with Gasteiger partial charge in [-0.25, -0.2) is 0 Å². The Morgan fingerprint density at radius 1 is 1.12 bits per heavy atom. The molecule has 0 heterocycles. The van der Waals surface area contributed by atoms with Gasteiger partial charge in [-0.2, -0.15) is 0 Å². The maximum absolute atomic E-state index is 3.58. The van der Waals surface area contributed by atoms with Crippen molar-refractivity contribution in [1.82, 2.24) is 3.26 Å². The standard InChI is InChI=1S/C4H10N.2CH3.Zr/c1-4(2,3)5;;;/h5H,1-3H3;2*1H3;/q-1;;;+1. The van der Waals surface area contributed by atoms with Crippen LogP contribution in [0.3, 0.4) is 0 Å². The molecule has 0 fully saturated rings. The first-order valence-electron chi connectivity index (χ1n) is 3.00. The second-order valence-electron chi connectivity index (χ2n) is 3.38. The van der Waals surface area contributed by atoms with Crippen molar-refractivity contribution in [3.63, 3.8) is 0 Å². The molecule has 0 aliphatic heterocycles. The number of nitrogens with one attached hydrogen (secondary N) is 1. The van der Waals surface area contributed by atoms with Gasteiger partial charge < -0.3 is 0 Å². The van der Waals surface area contributed by atoms with E-state index in [1.54, 1.807) is 0 Å². The molecule has 8 heavy (non-hydrogen) atoms. The van der Waals surface area contributed by atoms with Crippen LogP contribution < -0.4 is 3.26 Å². The summed E-state index contributed by atoms with van der Waals surface area (Å²) in [6.45, 7) is 6.67. The van der Waals surface area contributed by atoms with Crippen LogP contribution in [0.5, 0.6) is 0 Å². The van der Waals surface area contributed by atoms with Crippen LogP contribution in [0, 0.1) is 0 Å². The van der Waals surface area contributed by atoms with E-state index in [2.05, 4.69) is 33.3 Å². The quantitative estimate of drug-likeness (QED) is 0.672. The summed E-state index contributed by atoms with van der Waals surface area (Å²) >= 11 is -1.02. The summed E-state index contributed by atoms with van der Waals surface area (Å²) in [5.41, 5.74) is 0.359. The molecule has 0 aliphatic carbocycles. The van der Waals surface area contributed by atoms with E-state index >= 15 is 0 Å². The van der Waals surface area contributed by atoms with Crippen molar-refractivity contribution in [2.45, 2.75) is 35.6 Å². The molecule has 2 heteroatoms. The molecule has 0 amide bonds. The Kier molecular flexibility index (Phi) is 3.45. The zero-order chi connectivity index (χ0) is 6.78. The van der Waals surface area contributed by atoms with Crippen molar-refractivity contribution < 1.29 is 22.0 Å². The molecule has 0 aromatic heterocycles. The summed E-state index contributed by atoms with van der Waals surface area (Å²) in [7, 11) is 0. The summed E-state index contributed by atoms with van der Waals surface area (Å²) < 4.78 is 8.29. The molecule has 0 saturated carbocycles. The van der Waals surface area contributed by atoms with Crippen molar-refractivity contribution >= 4 is 0 Å². The Bertz CT molecular complexity index is 63.4. The van der Waals surface area contributed by atoms with Gasteiger partial charge in [0.15, 0.2) is 0 Å². The van der Waals surface area contributed by atoms with Crippen LogP contribution in [0.15, 0.2) is 0 Å². The Balaban J connectivity index is 3.39. The molecule has 0 bridgehead atoms. The average Bonchev–Trinajstić information content (AvgIpc) is 1.21. The normalized spacial score (nSPS) is 11.6. The second-order valence-corrected chi connectivity index (χ2v) is 8.91. The molecule has 0 rings (SSSR count). The topological polar surface area (TPSA) is 12.0 Å². The van der Waals surface area contributed by atoms with Crippen LogP contribution in [-0.4, -0.2) is 5.54 Å². The molecule has 0 saturated heterocycles. The van der Waals surface area contributed by atoms with Gasteiger partial charge in [0.25, 0.3) is 0 Å². The van der Waals surface area contributed by atoms with Crippen LogP contribution in [0.2, 0.25) is 9.26 Å². The molecule has 49 valence electrons. The zero-order valence-electron chi connectivity index (χ0n) is 6.50. The van der Waals surface area contributed by atoms with E-state index in [4.69, 9.17) is 0 Å².